The largest absolute Gasteiger partial charge is 0.496 e. The van der Waals surface area contributed by atoms with Crippen LogP contribution in [0.25, 0.3) is 10.9 Å². The summed E-state index contributed by atoms with van der Waals surface area (Å²) in [6.07, 6.45) is 2.38. The summed E-state index contributed by atoms with van der Waals surface area (Å²) in [5, 5.41) is 13.8. The van der Waals surface area contributed by atoms with Crippen LogP contribution in [0, 0.1) is 18.3 Å². The van der Waals surface area contributed by atoms with Crippen LogP contribution in [0.4, 0.5) is 11.4 Å². The zero-order valence-electron chi connectivity index (χ0n) is 17.2. The van der Waals surface area contributed by atoms with Gasteiger partial charge in [-0.15, -0.1) is 0 Å². The number of methoxy groups -OCH3 is 2. The van der Waals surface area contributed by atoms with Crippen molar-refractivity contribution in [3.63, 3.8) is 0 Å². The zero-order valence-corrected chi connectivity index (χ0v) is 17.2. The Bertz CT molecular complexity index is 1110. The molecule has 3 rings (SSSR count). The molecular formula is C23H23N3O4. The van der Waals surface area contributed by atoms with Crippen molar-refractivity contribution in [3.8, 4) is 17.6 Å². The van der Waals surface area contributed by atoms with Crippen LogP contribution in [-0.4, -0.2) is 31.8 Å². The molecular weight excluding hydrogens is 382 g/mol. The number of fused-ring (bicyclic) bond motifs is 1. The quantitative estimate of drug-likeness (QED) is 0.436. The molecule has 0 unspecified atom stereocenters. The lowest BCUT2D eigenvalue weighted by Gasteiger charge is -2.16. The third-order valence-corrected chi connectivity index (χ3v) is 4.66. The van der Waals surface area contributed by atoms with E-state index < -0.39 is 0 Å². The summed E-state index contributed by atoms with van der Waals surface area (Å²) in [4.78, 5) is 15.7. The minimum absolute atomic E-state index is 0.266. The average molecular weight is 405 g/mol. The van der Waals surface area contributed by atoms with Gasteiger partial charge in [-0.05, 0) is 37.1 Å². The van der Waals surface area contributed by atoms with Gasteiger partial charge in [-0.1, -0.05) is 12.1 Å². The van der Waals surface area contributed by atoms with Crippen molar-refractivity contribution in [2.45, 2.75) is 19.8 Å². The SMILES string of the molecule is COC(=O)CCCOc1ccccc1Nc1c(C#N)cnc2cc(OC)c(C)cc12. The number of aromatic nitrogens is 1. The molecule has 3 aromatic rings. The van der Waals surface area contributed by atoms with Crippen molar-refractivity contribution in [2.24, 2.45) is 0 Å². The van der Waals surface area contributed by atoms with Crippen molar-refractivity contribution >= 4 is 28.2 Å². The number of rotatable bonds is 8. The molecule has 0 radical (unpaired) electrons. The van der Waals surface area contributed by atoms with Crippen LogP contribution >= 0.6 is 0 Å². The molecule has 0 aliphatic heterocycles. The maximum absolute atomic E-state index is 11.3. The minimum atomic E-state index is -0.266. The number of aryl methyl sites for hydroxylation is 1. The molecule has 7 heteroatoms. The molecule has 1 aromatic heterocycles. The number of esters is 1. The Morgan fingerprint density at radius 3 is 2.73 bits per heavy atom. The summed E-state index contributed by atoms with van der Waals surface area (Å²) in [7, 11) is 2.98. The van der Waals surface area contributed by atoms with E-state index in [-0.39, 0.29) is 5.97 Å². The Kier molecular flexibility index (Phi) is 6.71. The Morgan fingerprint density at radius 1 is 1.20 bits per heavy atom. The van der Waals surface area contributed by atoms with E-state index in [4.69, 9.17) is 9.47 Å². The standard InChI is InChI=1S/C23H23N3O4/c1-15-11-17-19(12-21(15)28-2)25-14-16(13-24)23(17)26-18-7-4-5-8-20(18)30-10-6-9-22(27)29-3/h4-5,7-8,11-12,14H,6,9-10H2,1-3H3,(H,25,26). The van der Waals surface area contributed by atoms with Crippen molar-refractivity contribution in [1.29, 1.82) is 5.26 Å². The van der Waals surface area contributed by atoms with E-state index in [9.17, 15) is 10.1 Å². The molecule has 0 bridgehead atoms. The number of para-hydroxylation sites is 2. The number of carbonyl (C=O) groups is 1. The lowest BCUT2D eigenvalue weighted by Crippen LogP contribution is -2.06. The predicted octanol–water partition coefficient (Wildman–Crippen LogP) is 4.50. The van der Waals surface area contributed by atoms with Crippen molar-refractivity contribution in [2.75, 3.05) is 26.1 Å². The Balaban J connectivity index is 1.92. The second-order valence-electron chi connectivity index (χ2n) is 6.65. The van der Waals surface area contributed by atoms with Crippen LogP contribution in [-0.2, 0) is 9.53 Å². The van der Waals surface area contributed by atoms with Gasteiger partial charge in [-0.2, -0.15) is 5.26 Å². The molecule has 1 N–H and O–H groups in total. The van der Waals surface area contributed by atoms with Crippen molar-refractivity contribution in [1.82, 2.24) is 4.98 Å². The summed E-state index contributed by atoms with van der Waals surface area (Å²) in [5.74, 6) is 1.10. The molecule has 0 spiro atoms. The highest BCUT2D eigenvalue weighted by Gasteiger charge is 2.14. The van der Waals surface area contributed by atoms with E-state index in [1.807, 2.05) is 43.3 Å². The van der Waals surface area contributed by atoms with Crippen LogP contribution in [0.15, 0.2) is 42.6 Å². The molecule has 0 atom stereocenters. The first kappa shape index (κ1) is 20.9. The number of anilines is 2. The number of ether oxygens (including phenoxy) is 3. The van der Waals surface area contributed by atoms with Crippen LogP contribution in [0.5, 0.6) is 11.5 Å². The highest BCUT2D eigenvalue weighted by molar-refractivity contribution is 5.97. The van der Waals surface area contributed by atoms with Gasteiger partial charge in [0, 0.05) is 24.1 Å². The Hall–Kier alpha value is -3.79. The molecule has 154 valence electrons. The van der Waals surface area contributed by atoms with Gasteiger partial charge in [0.05, 0.1) is 43.3 Å². The molecule has 0 saturated heterocycles. The van der Waals surface area contributed by atoms with E-state index in [2.05, 4.69) is 21.1 Å². The summed E-state index contributed by atoms with van der Waals surface area (Å²) in [6.45, 7) is 2.31. The number of nitrogens with one attached hydrogen (secondary N) is 1. The number of nitriles is 1. The maximum atomic E-state index is 11.3. The van der Waals surface area contributed by atoms with Gasteiger partial charge in [0.1, 0.15) is 17.6 Å². The summed E-state index contributed by atoms with van der Waals surface area (Å²) in [5.41, 5.74) is 3.45. The second-order valence-corrected chi connectivity index (χ2v) is 6.65. The van der Waals surface area contributed by atoms with Crippen molar-refractivity contribution < 1.29 is 19.0 Å². The number of benzene rings is 2. The number of hydrogen-bond donors (Lipinski definition) is 1. The van der Waals surface area contributed by atoms with Crippen LogP contribution in [0.2, 0.25) is 0 Å². The van der Waals surface area contributed by atoms with E-state index >= 15 is 0 Å². The van der Waals surface area contributed by atoms with Crippen molar-refractivity contribution in [3.05, 3.63) is 53.7 Å². The lowest BCUT2D eigenvalue weighted by atomic mass is 10.1. The number of pyridine rings is 1. The zero-order chi connectivity index (χ0) is 21.5. The molecule has 0 saturated carbocycles. The second kappa shape index (κ2) is 9.61. The fraction of sp³-hybridized carbons (Fsp3) is 0.261. The molecule has 1 heterocycles. The normalized spacial score (nSPS) is 10.3. The highest BCUT2D eigenvalue weighted by Crippen LogP contribution is 2.35. The average Bonchev–Trinajstić information content (AvgIpc) is 2.77. The van der Waals surface area contributed by atoms with Gasteiger partial charge in [-0.25, -0.2) is 0 Å². The molecule has 0 fully saturated rings. The van der Waals surface area contributed by atoms with Crippen LogP contribution in [0.3, 0.4) is 0 Å². The first-order valence-corrected chi connectivity index (χ1v) is 9.50. The molecule has 0 amide bonds. The summed E-state index contributed by atoms with van der Waals surface area (Å²) < 4.78 is 15.9. The van der Waals surface area contributed by atoms with Gasteiger partial charge in [0.25, 0.3) is 0 Å². The Morgan fingerprint density at radius 2 is 2.00 bits per heavy atom. The molecule has 2 aromatic carbocycles. The highest BCUT2D eigenvalue weighted by atomic mass is 16.5. The van der Waals surface area contributed by atoms with Gasteiger partial charge < -0.3 is 19.5 Å². The summed E-state index contributed by atoms with van der Waals surface area (Å²) in [6, 6.07) is 13.5. The van der Waals surface area contributed by atoms with E-state index in [1.165, 1.54) is 7.11 Å². The number of hydrogen-bond acceptors (Lipinski definition) is 7. The van der Waals surface area contributed by atoms with Gasteiger partial charge in [0.2, 0.25) is 0 Å². The molecule has 0 aliphatic rings. The van der Waals surface area contributed by atoms with Gasteiger partial charge in [0.15, 0.2) is 0 Å². The smallest absolute Gasteiger partial charge is 0.305 e. The molecule has 0 aliphatic carbocycles. The first-order valence-electron chi connectivity index (χ1n) is 9.50. The maximum Gasteiger partial charge on any atom is 0.305 e. The van der Waals surface area contributed by atoms with Crippen LogP contribution < -0.4 is 14.8 Å². The van der Waals surface area contributed by atoms with E-state index in [1.54, 1.807) is 13.3 Å². The fourth-order valence-electron chi connectivity index (χ4n) is 3.10. The first-order chi connectivity index (χ1) is 14.6. The third kappa shape index (κ3) is 4.61. The molecule has 30 heavy (non-hydrogen) atoms. The van der Waals surface area contributed by atoms with Gasteiger partial charge in [-0.3, -0.25) is 9.78 Å². The third-order valence-electron chi connectivity index (χ3n) is 4.66. The Labute approximate surface area is 175 Å². The van der Waals surface area contributed by atoms with Crippen LogP contribution in [0.1, 0.15) is 24.0 Å². The topological polar surface area (TPSA) is 93.5 Å². The van der Waals surface area contributed by atoms with Gasteiger partial charge >= 0.3 is 5.97 Å². The summed E-state index contributed by atoms with van der Waals surface area (Å²) >= 11 is 0. The van der Waals surface area contributed by atoms with E-state index in [0.29, 0.717) is 42.1 Å². The predicted molar refractivity (Wildman–Crippen MR) is 114 cm³/mol. The monoisotopic (exact) mass is 405 g/mol. The fourth-order valence-corrected chi connectivity index (χ4v) is 3.10. The number of carbonyl (C=O) groups excluding carboxylic acids is 1. The van der Waals surface area contributed by atoms with E-state index in [0.717, 1.165) is 22.2 Å². The number of nitrogens with zero attached hydrogens (tertiary/aromatic N) is 2. The minimum Gasteiger partial charge on any atom is -0.496 e. The lowest BCUT2D eigenvalue weighted by molar-refractivity contribution is -0.140. The molecule has 7 nitrogen and oxygen atoms in total.